The average Bonchev–Trinajstić information content (AvgIpc) is 2.34. The fourth-order valence-corrected chi connectivity index (χ4v) is 4.73. The minimum absolute atomic E-state index is 0.559. The molecule has 0 aromatic rings. The maximum atomic E-state index is 3.46. The Morgan fingerprint density at radius 2 is 2.00 bits per heavy atom. The van der Waals surface area contributed by atoms with Gasteiger partial charge in [-0.2, -0.15) is 11.8 Å². The van der Waals surface area contributed by atoms with E-state index in [1.807, 2.05) is 0 Å². The van der Waals surface area contributed by atoms with Gasteiger partial charge in [-0.3, -0.25) is 0 Å². The van der Waals surface area contributed by atoms with Crippen LogP contribution in [-0.2, 0) is 0 Å². The fraction of sp³-hybridized carbons (Fsp3) is 1.00. The second-order valence-corrected chi connectivity index (χ2v) is 8.18. The third kappa shape index (κ3) is 3.88. The molecule has 0 spiro atoms. The molecule has 2 fully saturated rings. The quantitative estimate of drug-likeness (QED) is 0.846. The number of hydrogen-bond acceptors (Lipinski definition) is 3. The molecule has 1 unspecified atom stereocenters. The SMILES string of the molecule is CNCC1(CN2CCSC(C)C2)CCC(C)CC1. The van der Waals surface area contributed by atoms with Crippen molar-refractivity contribution >= 4 is 11.8 Å². The summed E-state index contributed by atoms with van der Waals surface area (Å²) in [5.74, 6) is 2.28. The van der Waals surface area contributed by atoms with Gasteiger partial charge in [0.05, 0.1) is 0 Å². The molecule has 0 bridgehead atoms. The third-order valence-electron chi connectivity index (χ3n) is 4.77. The zero-order valence-corrected chi connectivity index (χ0v) is 13.2. The van der Waals surface area contributed by atoms with Gasteiger partial charge in [0.2, 0.25) is 0 Å². The van der Waals surface area contributed by atoms with Crippen molar-refractivity contribution < 1.29 is 0 Å². The van der Waals surface area contributed by atoms with Gasteiger partial charge in [-0.25, -0.2) is 0 Å². The minimum atomic E-state index is 0.559. The standard InChI is InChI=1S/C15H30N2S/c1-13-4-6-15(7-5-13,11-16-3)12-17-8-9-18-14(2)10-17/h13-14,16H,4-12H2,1-3H3. The second-order valence-electron chi connectivity index (χ2n) is 6.63. The van der Waals surface area contributed by atoms with E-state index in [4.69, 9.17) is 0 Å². The van der Waals surface area contributed by atoms with E-state index < -0.39 is 0 Å². The van der Waals surface area contributed by atoms with Crippen LogP contribution in [0.5, 0.6) is 0 Å². The summed E-state index contributed by atoms with van der Waals surface area (Å²) in [6, 6.07) is 0. The van der Waals surface area contributed by atoms with Gasteiger partial charge in [0, 0.05) is 37.2 Å². The highest BCUT2D eigenvalue weighted by molar-refractivity contribution is 7.99. The van der Waals surface area contributed by atoms with Crippen LogP contribution in [-0.4, -0.2) is 49.1 Å². The molecule has 2 nitrogen and oxygen atoms in total. The lowest BCUT2D eigenvalue weighted by Gasteiger charge is -2.44. The van der Waals surface area contributed by atoms with E-state index in [0.717, 1.165) is 11.2 Å². The van der Waals surface area contributed by atoms with E-state index >= 15 is 0 Å². The molecule has 1 heterocycles. The van der Waals surface area contributed by atoms with Gasteiger partial charge < -0.3 is 10.2 Å². The molecule has 106 valence electrons. The van der Waals surface area contributed by atoms with Gasteiger partial charge in [-0.1, -0.05) is 26.7 Å². The number of rotatable bonds is 4. The topological polar surface area (TPSA) is 15.3 Å². The molecule has 0 amide bonds. The lowest BCUT2D eigenvalue weighted by atomic mass is 9.70. The number of hydrogen-bond donors (Lipinski definition) is 1. The first kappa shape index (κ1) is 14.7. The van der Waals surface area contributed by atoms with Crippen LogP contribution in [0.2, 0.25) is 0 Å². The largest absolute Gasteiger partial charge is 0.319 e. The molecule has 3 heteroatoms. The number of nitrogens with one attached hydrogen (secondary N) is 1. The summed E-state index contributed by atoms with van der Waals surface area (Å²) in [6.07, 6.45) is 5.71. The minimum Gasteiger partial charge on any atom is -0.319 e. The van der Waals surface area contributed by atoms with Crippen molar-refractivity contribution in [2.24, 2.45) is 11.3 Å². The Hall–Kier alpha value is 0.270. The summed E-state index contributed by atoms with van der Waals surface area (Å²) < 4.78 is 0. The van der Waals surface area contributed by atoms with Crippen molar-refractivity contribution in [3.05, 3.63) is 0 Å². The lowest BCUT2D eigenvalue weighted by Crippen LogP contribution is -2.48. The summed E-state index contributed by atoms with van der Waals surface area (Å²) in [5.41, 5.74) is 0.559. The molecule has 0 radical (unpaired) electrons. The Morgan fingerprint density at radius 3 is 2.61 bits per heavy atom. The molecule has 0 aromatic carbocycles. The Balaban J connectivity index is 1.92. The van der Waals surface area contributed by atoms with Crippen LogP contribution in [0.25, 0.3) is 0 Å². The first-order chi connectivity index (χ1) is 8.63. The van der Waals surface area contributed by atoms with Crippen LogP contribution in [0.4, 0.5) is 0 Å². The highest BCUT2D eigenvalue weighted by Crippen LogP contribution is 2.39. The molecule has 2 rings (SSSR count). The highest BCUT2D eigenvalue weighted by Gasteiger charge is 2.35. The fourth-order valence-electron chi connectivity index (χ4n) is 3.65. The van der Waals surface area contributed by atoms with Gasteiger partial charge in [0.25, 0.3) is 0 Å². The zero-order valence-electron chi connectivity index (χ0n) is 12.4. The Kier molecular flexibility index (Phi) is 5.40. The molecule has 1 saturated heterocycles. The molecule has 1 atom stereocenters. The first-order valence-corrected chi connectivity index (χ1v) is 8.67. The molecule has 0 aromatic heterocycles. The molecular weight excluding hydrogens is 240 g/mol. The van der Waals surface area contributed by atoms with Crippen LogP contribution >= 0.6 is 11.8 Å². The summed E-state index contributed by atoms with van der Waals surface area (Å²) in [4.78, 5) is 2.73. The molecule has 18 heavy (non-hydrogen) atoms. The molecule has 1 N–H and O–H groups in total. The third-order valence-corrected chi connectivity index (χ3v) is 5.91. The summed E-state index contributed by atoms with van der Waals surface area (Å²) in [6.45, 7) is 9.93. The normalized spacial score (nSPS) is 38.8. The second kappa shape index (κ2) is 6.62. The van der Waals surface area contributed by atoms with Crippen LogP contribution in [0.3, 0.4) is 0 Å². The summed E-state index contributed by atoms with van der Waals surface area (Å²) in [7, 11) is 2.12. The predicted molar refractivity (Wildman–Crippen MR) is 82.4 cm³/mol. The monoisotopic (exact) mass is 270 g/mol. The average molecular weight is 270 g/mol. The van der Waals surface area contributed by atoms with Crippen LogP contribution in [0, 0.1) is 11.3 Å². The van der Waals surface area contributed by atoms with Gasteiger partial charge in [-0.05, 0) is 31.2 Å². The van der Waals surface area contributed by atoms with Gasteiger partial charge in [0.1, 0.15) is 0 Å². The first-order valence-electron chi connectivity index (χ1n) is 7.62. The lowest BCUT2D eigenvalue weighted by molar-refractivity contribution is 0.0904. The van der Waals surface area contributed by atoms with Crippen molar-refractivity contribution in [3.8, 4) is 0 Å². The Bertz CT molecular complexity index is 249. The summed E-state index contributed by atoms with van der Waals surface area (Å²) in [5, 5.41) is 4.29. The van der Waals surface area contributed by atoms with Gasteiger partial charge in [0.15, 0.2) is 0 Å². The highest BCUT2D eigenvalue weighted by atomic mass is 32.2. The predicted octanol–water partition coefficient (Wildman–Crippen LogP) is 2.84. The smallest absolute Gasteiger partial charge is 0.0147 e. The van der Waals surface area contributed by atoms with Crippen LogP contribution < -0.4 is 5.32 Å². The van der Waals surface area contributed by atoms with Crippen LogP contribution in [0.1, 0.15) is 39.5 Å². The van der Waals surface area contributed by atoms with Gasteiger partial charge >= 0.3 is 0 Å². The molecule has 1 aliphatic heterocycles. The molecule has 1 saturated carbocycles. The van der Waals surface area contributed by atoms with E-state index in [0.29, 0.717) is 5.41 Å². The van der Waals surface area contributed by atoms with Gasteiger partial charge in [-0.15, -0.1) is 0 Å². The number of nitrogens with zero attached hydrogens (tertiary/aromatic N) is 1. The zero-order chi connectivity index (χ0) is 13.0. The number of thioether (sulfide) groups is 1. The van der Waals surface area contributed by atoms with E-state index in [1.165, 1.54) is 57.6 Å². The maximum Gasteiger partial charge on any atom is 0.0147 e. The Labute approximate surface area is 117 Å². The van der Waals surface area contributed by atoms with E-state index in [2.05, 4.69) is 42.9 Å². The van der Waals surface area contributed by atoms with E-state index in [9.17, 15) is 0 Å². The van der Waals surface area contributed by atoms with Crippen molar-refractivity contribution in [2.45, 2.75) is 44.8 Å². The van der Waals surface area contributed by atoms with Crippen LogP contribution in [0.15, 0.2) is 0 Å². The Morgan fingerprint density at radius 1 is 1.28 bits per heavy atom. The maximum absolute atomic E-state index is 3.46. The molecule has 2 aliphatic rings. The van der Waals surface area contributed by atoms with Crippen molar-refractivity contribution in [3.63, 3.8) is 0 Å². The molecule has 1 aliphatic carbocycles. The van der Waals surface area contributed by atoms with Crippen molar-refractivity contribution in [1.82, 2.24) is 10.2 Å². The van der Waals surface area contributed by atoms with Crippen molar-refractivity contribution in [2.75, 3.05) is 39.0 Å². The van der Waals surface area contributed by atoms with Crippen molar-refractivity contribution in [1.29, 1.82) is 0 Å². The van der Waals surface area contributed by atoms with E-state index in [-0.39, 0.29) is 0 Å². The molecular formula is C15H30N2S. The summed E-state index contributed by atoms with van der Waals surface area (Å²) >= 11 is 2.14. The van der Waals surface area contributed by atoms with E-state index in [1.54, 1.807) is 0 Å².